The molecule has 0 saturated carbocycles. The summed E-state index contributed by atoms with van der Waals surface area (Å²) in [5, 5.41) is 4.05. The van der Waals surface area contributed by atoms with Crippen LogP contribution < -0.4 is 0 Å². The van der Waals surface area contributed by atoms with E-state index in [0.29, 0.717) is 5.41 Å². The molecule has 1 rings (SSSR count). The lowest BCUT2D eigenvalue weighted by atomic mass is 9.96. The van der Waals surface area contributed by atoms with Crippen molar-refractivity contribution < 1.29 is 0 Å². The quantitative estimate of drug-likeness (QED) is 0.547. The summed E-state index contributed by atoms with van der Waals surface area (Å²) in [6.07, 6.45) is 0. The fourth-order valence-corrected chi connectivity index (χ4v) is 4.90. The first-order chi connectivity index (χ1) is 5.76. The molecule has 0 radical (unpaired) electrons. The van der Waals surface area contributed by atoms with Crippen LogP contribution in [0.2, 0.25) is 0 Å². The second kappa shape index (κ2) is 3.41. The Morgan fingerprint density at radius 1 is 1.23 bits per heavy atom. The first-order valence-electron chi connectivity index (χ1n) is 4.58. The van der Waals surface area contributed by atoms with Gasteiger partial charge in [0.2, 0.25) is 0 Å². The molecule has 0 amide bonds. The fourth-order valence-electron chi connectivity index (χ4n) is 1.59. The molecule has 0 aliphatic carbocycles. The Bertz CT molecular complexity index is 288. The molecule has 0 aromatic rings. The number of hydrogen-bond acceptors (Lipinski definition) is 0. The van der Waals surface area contributed by atoms with E-state index in [0.717, 1.165) is 5.03 Å². The summed E-state index contributed by atoms with van der Waals surface area (Å²) in [6.45, 7) is 13.3. The third-order valence-corrected chi connectivity index (χ3v) is 5.36. The minimum absolute atomic E-state index is 0.0136. The topological polar surface area (TPSA) is 0 Å². The molecule has 1 atom stereocenters. The van der Waals surface area contributed by atoms with E-state index >= 15 is 0 Å². The van der Waals surface area contributed by atoms with E-state index in [-0.39, 0.29) is 7.92 Å². The molecule has 0 spiro atoms. The van der Waals surface area contributed by atoms with Crippen molar-refractivity contribution in [3.63, 3.8) is 0 Å². The van der Waals surface area contributed by atoms with Crippen molar-refractivity contribution in [2.75, 3.05) is 6.66 Å². The van der Waals surface area contributed by atoms with Crippen LogP contribution in [0.3, 0.4) is 0 Å². The summed E-state index contributed by atoms with van der Waals surface area (Å²) in [4.78, 5) is 0. The summed E-state index contributed by atoms with van der Waals surface area (Å²) < 4.78 is 0. The van der Waals surface area contributed by atoms with E-state index in [1.807, 2.05) is 0 Å². The molecule has 0 aromatic carbocycles. The average Bonchev–Trinajstić information content (AvgIpc) is 2.58. The van der Waals surface area contributed by atoms with Gasteiger partial charge in [0.1, 0.15) is 0 Å². The molecule has 2 heteroatoms. The monoisotopic (exact) mass is 216 g/mol. The Hall–Kier alpha value is 0.200. The molecule has 0 aromatic heterocycles. The highest BCUT2D eigenvalue weighted by Crippen LogP contribution is 2.75. The van der Waals surface area contributed by atoms with Gasteiger partial charge in [-0.25, -0.2) is 0 Å². The molecule has 74 valence electrons. The molecule has 13 heavy (non-hydrogen) atoms. The highest BCUT2D eigenvalue weighted by molar-refractivity contribution is 7.73. The molecule has 1 heterocycles. The highest BCUT2D eigenvalue weighted by Gasteiger charge is 2.41. The van der Waals surface area contributed by atoms with E-state index in [2.05, 4.69) is 41.3 Å². The van der Waals surface area contributed by atoms with Crippen molar-refractivity contribution >= 4 is 19.5 Å². The zero-order valence-corrected chi connectivity index (χ0v) is 11.0. The summed E-state index contributed by atoms with van der Waals surface area (Å²) >= 11 is 6.25. The van der Waals surface area contributed by atoms with Crippen LogP contribution in [0, 0.1) is 5.41 Å². The van der Waals surface area contributed by atoms with Gasteiger partial charge in [-0.05, 0) is 39.2 Å². The van der Waals surface area contributed by atoms with Crippen LogP contribution in [0.25, 0.3) is 0 Å². The van der Waals surface area contributed by atoms with Crippen LogP contribution >= 0.6 is 19.5 Å². The molecule has 1 aliphatic heterocycles. The minimum atomic E-state index is -0.0136. The van der Waals surface area contributed by atoms with E-state index in [1.165, 1.54) is 10.9 Å². The Morgan fingerprint density at radius 2 is 1.69 bits per heavy atom. The summed E-state index contributed by atoms with van der Waals surface area (Å²) in [6, 6.07) is 0. The fraction of sp³-hybridized carbons (Fsp3) is 0.636. The summed E-state index contributed by atoms with van der Waals surface area (Å²) in [5.74, 6) is 0. The number of halogens is 1. The SMILES string of the molecule is CC(C)=C(Cl)C1=C(C(C)(C)C)P1C. The van der Waals surface area contributed by atoms with E-state index in [4.69, 9.17) is 11.6 Å². The molecule has 1 unspecified atom stereocenters. The second-order valence-corrected chi connectivity index (χ2v) is 7.21. The van der Waals surface area contributed by atoms with Gasteiger partial charge in [0, 0.05) is 10.3 Å². The van der Waals surface area contributed by atoms with Gasteiger partial charge >= 0.3 is 0 Å². The van der Waals surface area contributed by atoms with Crippen LogP contribution in [0.15, 0.2) is 21.2 Å². The van der Waals surface area contributed by atoms with Crippen molar-refractivity contribution in [1.29, 1.82) is 0 Å². The Balaban J connectivity index is 2.99. The van der Waals surface area contributed by atoms with Crippen LogP contribution in [0.1, 0.15) is 34.6 Å². The predicted octanol–water partition coefficient (Wildman–Crippen LogP) is 4.90. The molecule has 0 bridgehead atoms. The molecule has 0 fully saturated rings. The van der Waals surface area contributed by atoms with Crippen LogP contribution in [0.5, 0.6) is 0 Å². The zero-order valence-electron chi connectivity index (χ0n) is 9.33. The van der Waals surface area contributed by atoms with Gasteiger partial charge < -0.3 is 0 Å². The number of rotatable bonds is 1. The van der Waals surface area contributed by atoms with E-state index in [9.17, 15) is 0 Å². The van der Waals surface area contributed by atoms with Crippen LogP contribution in [-0.4, -0.2) is 6.66 Å². The van der Waals surface area contributed by atoms with Gasteiger partial charge in [0.05, 0.1) is 0 Å². The van der Waals surface area contributed by atoms with Crippen LogP contribution in [0.4, 0.5) is 0 Å². The molecule has 0 nitrogen and oxygen atoms in total. The van der Waals surface area contributed by atoms with Gasteiger partial charge in [-0.2, -0.15) is 0 Å². The standard InChI is InChI=1S/C11H18ClP/c1-7(2)8(12)9-10(13(9)6)11(3,4)5/h1-6H3. The number of hydrogen-bond donors (Lipinski definition) is 0. The van der Waals surface area contributed by atoms with E-state index < -0.39 is 0 Å². The highest BCUT2D eigenvalue weighted by atomic mass is 35.5. The predicted molar refractivity (Wildman–Crippen MR) is 63.6 cm³/mol. The van der Waals surface area contributed by atoms with Crippen molar-refractivity contribution in [3.8, 4) is 0 Å². The van der Waals surface area contributed by atoms with Gasteiger partial charge in [-0.1, -0.05) is 37.9 Å². The summed E-state index contributed by atoms with van der Waals surface area (Å²) in [7, 11) is -0.0136. The third kappa shape index (κ3) is 2.17. The molecular formula is C11H18ClP. The molecular weight excluding hydrogens is 199 g/mol. The zero-order chi connectivity index (χ0) is 10.4. The number of allylic oxidation sites excluding steroid dienone is 4. The largest absolute Gasteiger partial charge is 0.0837 e. The van der Waals surface area contributed by atoms with E-state index in [1.54, 1.807) is 5.31 Å². The summed E-state index contributed by atoms with van der Waals surface area (Å²) in [5.41, 5.74) is 1.55. The maximum Gasteiger partial charge on any atom is 0.0475 e. The average molecular weight is 217 g/mol. The van der Waals surface area contributed by atoms with Crippen molar-refractivity contribution in [3.05, 3.63) is 21.2 Å². The van der Waals surface area contributed by atoms with Crippen molar-refractivity contribution in [2.24, 2.45) is 5.41 Å². The third-order valence-electron chi connectivity index (χ3n) is 2.20. The second-order valence-electron chi connectivity index (χ2n) is 4.82. The van der Waals surface area contributed by atoms with Gasteiger partial charge in [-0.3, -0.25) is 0 Å². The maximum absolute atomic E-state index is 6.25. The molecule has 0 N–H and O–H groups in total. The lowest BCUT2D eigenvalue weighted by molar-refractivity contribution is 0.537. The lowest BCUT2D eigenvalue weighted by Gasteiger charge is -2.13. The molecule has 1 aliphatic rings. The Labute approximate surface area is 87.8 Å². The minimum Gasteiger partial charge on any atom is -0.0837 e. The first-order valence-corrected chi connectivity index (χ1v) is 6.75. The molecule has 0 saturated heterocycles. The van der Waals surface area contributed by atoms with Gasteiger partial charge in [0.25, 0.3) is 0 Å². The first kappa shape index (κ1) is 11.3. The van der Waals surface area contributed by atoms with Gasteiger partial charge in [0.15, 0.2) is 0 Å². The van der Waals surface area contributed by atoms with Crippen molar-refractivity contribution in [1.82, 2.24) is 0 Å². The Kier molecular flexibility index (Phi) is 2.95. The van der Waals surface area contributed by atoms with Gasteiger partial charge in [-0.15, -0.1) is 0 Å². The lowest BCUT2D eigenvalue weighted by Crippen LogP contribution is -2.00. The normalized spacial score (nSPS) is 21.9. The van der Waals surface area contributed by atoms with Crippen molar-refractivity contribution in [2.45, 2.75) is 34.6 Å². The smallest absolute Gasteiger partial charge is 0.0475 e. The maximum atomic E-state index is 6.25. The van der Waals surface area contributed by atoms with Crippen LogP contribution in [-0.2, 0) is 0 Å². The Morgan fingerprint density at radius 3 is 1.92 bits per heavy atom.